The van der Waals surface area contributed by atoms with E-state index in [4.69, 9.17) is 9.26 Å². The number of fused-ring (bicyclic) bond motifs is 1. The molecule has 0 amide bonds. The van der Waals surface area contributed by atoms with Crippen LogP contribution in [0.5, 0.6) is 0 Å². The number of likely N-dealkylation sites (tertiary alicyclic amines) is 1. The van der Waals surface area contributed by atoms with E-state index in [1.165, 1.54) is 5.56 Å². The molecule has 0 unspecified atom stereocenters. The number of ether oxygens (including phenoxy) is 1. The Hall–Kier alpha value is -1.79. The van der Waals surface area contributed by atoms with Gasteiger partial charge in [0, 0.05) is 31.5 Å². The van der Waals surface area contributed by atoms with E-state index in [-0.39, 0.29) is 12.2 Å². The number of pyridine rings is 1. The molecular formula is C16H20N4O2. The average Bonchev–Trinajstić information content (AvgIpc) is 3.15. The van der Waals surface area contributed by atoms with Crippen LogP contribution in [0.2, 0.25) is 0 Å². The molecule has 3 atom stereocenters. The second kappa shape index (κ2) is 5.78. The normalized spacial score (nSPS) is 28.7. The van der Waals surface area contributed by atoms with Crippen LogP contribution in [0, 0.1) is 6.92 Å². The first-order valence-electron chi connectivity index (χ1n) is 7.88. The molecular weight excluding hydrogens is 280 g/mol. The predicted octanol–water partition coefficient (Wildman–Crippen LogP) is 2.27. The van der Waals surface area contributed by atoms with Crippen molar-refractivity contribution in [2.75, 3.05) is 6.54 Å². The van der Waals surface area contributed by atoms with E-state index in [1.54, 1.807) is 0 Å². The molecule has 0 bridgehead atoms. The minimum atomic E-state index is -0.0386. The lowest BCUT2D eigenvalue weighted by Crippen LogP contribution is -2.40. The number of aryl methyl sites for hydroxylation is 1. The summed E-state index contributed by atoms with van der Waals surface area (Å²) in [4.78, 5) is 10.9. The van der Waals surface area contributed by atoms with Crippen molar-refractivity contribution < 1.29 is 9.26 Å². The smallest absolute Gasteiger partial charge is 0.255 e. The lowest BCUT2D eigenvalue weighted by atomic mass is 9.99. The number of rotatable bonds is 3. The Morgan fingerprint density at radius 1 is 1.23 bits per heavy atom. The van der Waals surface area contributed by atoms with Crippen molar-refractivity contribution in [2.45, 2.75) is 51.0 Å². The van der Waals surface area contributed by atoms with E-state index >= 15 is 0 Å². The first-order chi connectivity index (χ1) is 10.8. The van der Waals surface area contributed by atoms with Gasteiger partial charge >= 0.3 is 0 Å². The first-order valence-corrected chi connectivity index (χ1v) is 7.88. The van der Waals surface area contributed by atoms with E-state index in [9.17, 15) is 0 Å². The zero-order valence-electron chi connectivity index (χ0n) is 12.7. The molecule has 2 aromatic heterocycles. The number of nitrogens with zero attached hydrogens (tertiary/aromatic N) is 4. The van der Waals surface area contributed by atoms with Gasteiger partial charge in [0.1, 0.15) is 6.10 Å². The van der Waals surface area contributed by atoms with Crippen LogP contribution in [0.4, 0.5) is 0 Å². The van der Waals surface area contributed by atoms with Crippen molar-refractivity contribution in [3.63, 3.8) is 0 Å². The average molecular weight is 300 g/mol. The molecule has 0 spiro atoms. The highest BCUT2D eigenvalue weighted by molar-refractivity contribution is 5.10. The first kappa shape index (κ1) is 13.8. The molecule has 2 saturated heterocycles. The summed E-state index contributed by atoms with van der Waals surface area (Å²) in [5.74, 6) is 1.30. The molecule has 22 heavy (non-hydrogen) atoms. The molecule has 0 radical (unpaired) electrons. The van der Waals surface area contributed by atoms with Gasteiger partial charge in [0.2, 0.25) is 0 Å². The Morgan fingerprint density at radius 2 is 2.09 bits per heavy atom. The largest absolute Gasteiger partial charge is 0.363 e. The highest BCUT2D eigenvalue weighted by atomic mass is 16.5. The van der Waals surface area contributed by atoms with Gasteiger partial charge in [-0.1, -0.05) is 5.16 Å². The molecule has 2 aliphatic heterocycles. The van der Waals surface area contributed by atoms with E-state index in [0.717, 1.165) is 32.4 Å². The molecule has 0 N–H and O–H groups in total. The fraction of sp³-hybridized carbons (Fsp3) is 0.562. The van der Waals surface area contributed by atoms with Crippen LogP contribution in [0.25, 0.3) is 0 Å². The Kier molecular flexibility index (Phi) is 3.63. The molecule has 2 aliphatic rings. The lowest BCUT2D eigenvalue weighted by Gasteiger charge is -2.34. The van der Waals surface area contributed by atoms with Crippen LogP contribution in [0.15, 0.2) is 29.0 Å². The molecule has 0 aliphatic carbocycles. The minimum absolute atomic E-state index is 0.0386. The van der Waals surface area contributed by atoms with Crippen LogP contribution in [0.3, 0.4) is 0 Å². The summed E-state index contributed by atoms with van der Waals surface area (Å²) in [5.41, 5.74) is 1.31. The van der Waals surface area contributed by atoms with Crippen LogP contribution in [-0.4, -0.2) is 38.7 Å². The van der Waals surface area contributed by atoms with Crippen molar-refractivity contribution in [3.05, 3.63) is 41.8 Å². The Morgan fingerprint density at radius 3 is 2.86 bits per heavy atom. The third-order valence-electron chi connectivity index (χ3n) is 4.62. The second-order valence-electron chi connectivity index (χ2n) is 6.10. The molecule has 2 aromatic rings. The van der Waals surface area contributed by atoms with Crippen LogP contribution in [0.1, 0.15) is 42.6 Å². The summed E-state index contributed by atoms with van der Waals surface area (Å²) in [5, 5.41) is 3.87. The Balaban J connectivity index is 1.42. The molecule has 4 rings (SSSR count). The molecule has 6 heteroatoms. The monoisotopic (exact) mass is 300 g/mol. The molecule has 0 saturated carbocycles. The van der Waals surface area contributed by atoms with Crippen molar-refractivity contribution in [2.24, 2.45) is 0 Å². The van der Waals surface area contributed by atoms with Crippen molar-refractivity contribution in [3.8, 4) is 0 Å². The summed E-state index contributed by atoms with van der Waals surface area (Å²) >= 11 is 0. The quantitative estimate of drug-likeness (QED) is 0.866. The molecule has 6 nitrogen and oxygen atoms in total. The van der Waals surface area contributed by atoms with Crippen molar-refractivity contribution >= 4 is 0 Å². The number of aromatic nitrogens is 3. The minimum Gasteiger partial charge on any atom is -0.363 e. The van der Waals surface area contributed by atoms with Gasteiger partial charge in [0.15, 0.2) is 5.82 Å². The van der Waals surface area contributed by atoms with E-state index in [0.29, 0.717) is 17.8 Å². The summed E-state index contributed by atoms with van der Waals surface area (Å²) in [6.07, 6.45) is 7.07. The van der Waals surface area contributed by atoms with Gasteiger partial charge in [-0.15, -0.1) is 0 Å². The van der Waals surface area contributed by atoms with Crippen molar-refractivity contribution in [1.82, 2.24) is 20.0 Å². The maximum Gasteiger partial charge on any atom is 0.255 e. The van der Waals surface area contributed by atoms with Crippen molar-refractivity contribution in [1.29, 1.82) is 0 Å². The third-order valence-corrected chi connectivity index (χ3v) is 4.62. The Bertz CT molecular complexity index is 630. The van der Waals surface area contributed by atoms with Gasteiger partial charge in [-0.05, 0) is 43.9 Å². The maximum absolute atomic E-state index is 6.23. The highest BCUT2D eigenvalue weighted by Gasteiger charge is 2.41. The zero-order chi connectivity index (χ0) is 14.9. The van der Waals surface area contributed by atoms with Gasteiger partial charge < -0.3 is 9.26 Å². The van der Waals surface area contributed by atoms with Gasteiger partial charge in [0.05, 0.1) is 6.10 Å². The zero-order valence-corrected chi connectivity index (χ0v) is 12.7. The van der Waals surface area contributed by atoms with E-state index < -0.39 is 0 Å². The highest BCUT2D eigenvalue weighted by Crippen LogP contribution is 2.37. The standard InChI is InChI=1S/C16H20N4O2/c1-11-18-16(22-19-11)15-3-2-13-14(21-15)6-9-20(13)10-12-4-7-17-8-5-12/h4-5,7-8,13-15H,2-3,6,9-10H2,1H3/t13-,14-,15+/m1/s1. The van der Waals surface area contributed by atoms with Gasteiger partial charge in [0.25, 0.3) is 5.89 Å². The molecule has 2 fully saturated rings. The van der Waals surface area contributed by atoms with E-state index in [2.05, 4.69) is 32.2 Å². The summed E-state index contributed by atoms with van der Waals surface area (Å²) in [7, 11) is 0. The summed E-state index contributed by atoms with van der Waals surface area (Å²) in [6.45, 7) is 3.88. The fourth-order valence-corrected chi connectivity index (χ4v) is 3.56. The van der Waals surface area contributed by atoms with Crippen LogP contribution >= 0.6 is 0 Å². The summed E-state index contributed by atoms with van der Waals surface area (Å²) in [6, 6.07) is 4.66. The third kappa shape index (κ3) is 2.64. The number of hydrogen-bond acceptors (Lipinski definition) is 6. The number of hydrogen-bond donors (Lipinski definition) is 0. The second-order valence-corrected chi connectivity index (χ2v) is 6.10. The van der Waals surface area contributed by atoms with Crippen LogP contribution in [-0.2, 0) is 11.3 Å². The Labute approximate surface area is 129 Å². The lowest BCUT2D eigenvalue weighted by molar-refractivity contribution is -0.0831. The predicted molar refractivity (Wildman–Crippen MR) is 78.9 cm³/mol. The fourth-order valence-electron chi connectivity index (χ4n) is 3.56. The van der Waals surface area contributed by atoms with Gasteiger partial charge in [-0.3, -0.25) is 9.88 Å². The molecule has 0 aromatic carbocycles. The SMILES string of the molecule is Cc1noc([C@@H]2CC[C@@H]3[C@@H](CCN3Cc3ccncc3)O2)n1. The van der Waals surface area contributed by atoms with E-state index in [1.807, 2.05) is 19.3 Å². The maximum atomic E-state index is 6.23. The molecule has 116 valence electrons. The van der Waals surface area contributed by atoms with Gasteiger partial charge in [-0.2, -0.15) is 4.98 Å². The summed E-state index contributed by atoms with van der Waals surface area (Å²) < 4.78 is 11.5. The molecule has 4 heterocycles. The van der Waals surface area contributed by atoms with Gasteiger partial charge in [-0.25, -0.2) is 0 Å². The van der Waals surface area contributed by atoms with Crippen LogP contribution < -0.4 is 0 Å². The topological polar surface area (TPSA) is 64.3 Å².